The zero-order valence-electron chi connectivity index (χ0n) is 13.5. The normalized spacial score (nSPS) is 14.9. The summed E-state index contributed by atoms with van der Waals surface area (Å²) in [6.45, 7) is 2.12. The number of benzene rings is 1. The van der Waals surface area contributed by atoms with E-state index in [4.69, 9.17) is 4.42 Å². The number of carbonyl (C=O) groups excluding carboxylic acids is 2. The molecule has 1 saturated heterocycles. The van der Waals surface area contributed by atoms with Crippen LogP contribution in [0.3, 0.4) is 0 Å². The molecule has 128 valence electrons. The molecule has 0 spiro atoms. The zero-order chi connectivity index (χ0) is 17.2. The zero-order valence-corrected chi connectivity index (χ0v) is 13.5. The summed E-state index contributed by atoms with van der Waals surface area (Å²) in [6.07, 6.45) is 1.48. The third-order valence-corrected chi connectivity index (χ3v) is 4.36. The lowest BCUT2D eigenvalue weighted by Gasteiger charge is -2.34. The SMILES string of the molecule is O=C(Cn1nnc2ccccc21)N1CCN(C(=O)c2ccco2)CC1. The Morgan fingerprint density at radius 3 is 2.52 bits per heavy atom. The summed E-state index contributed by atoms with van der Waals surface area (Å²) < 4.78 is 6.75. The number of hydrogen-bond donors (Lipinski definition) is 0. The number of para-hydroxylation sites is 1. The number of rotatable bonds is 3. The Morgan fingerprint density at radius 2 is 1.76 bits per heavy atom. The molecule has 8 heteroatoms. The van der Waals surface area contributed by atoms with Gasteiger partial charge in [-0.25, -0.2) is 4.68 Å². The van der Waals surface area contributed by atoms with Gasteiger partial charge < -0.3 is 14.2 Å². The maximum atomic E-state index is 12.5. The van der Waals surface area contributed by atoms with E-state index in [1.54, 1.807) is 26.6 Å². The highest BCUT2D eigenvalue weighted by molar-refractivity contribution is 5.91. The Labute approximate surface area is 143 Å². The molecule has 0 radical (unpaired) electrons. The average molecular weight is 339 g/mol. The minimum Gasteiger partial charge on any atom is -0.459 e. The molecule has 0 atom stereocenters. The standard InChI is InChI=1S/C17H17N5O3/c23-16(12-22-14-5-2-1-4-13(14)18-19-22)20-7-9-21(10-8-20)17(24)15-6-3-11-25-15/h1-6,11H,7-10,12H2. The van der Waals surface area contributed by atoms with Gasteiger partial charge in [-0.3, -0.25) is 9.59 Å². The van der Waals surface area contributed by atoms with Crippen LogP contribution in [0, 0.1) is 0 Å². The number of carbonyl (C=O) groups is 2. The maximum absolute atomic E-state index is 12.5. The molecule has 1 aliphatic rings. The second-order valence-electron chi connectivity index (χ2n) is 5.89. The van der Waals surface area contributed by atoms with Crippen LogP contribution in [-0.2, 0) is 11.3 Å². The van der Waals surface area contributed by atoms with Gasteiger partial charge in [0, 0.05) is 26.2 Å². The third-order valence-electron chi connectivity index (χ3n) is 4.36. The molecular weight excluding hydrogens is 322 g/mol. The van der Waals surface area contributed by atoms with Crippen molar-refractivity contribution in [1.29, 1.82) is 0 Å². The van der Waals surface area contributed by atoms with Gasteiger partial charge in [-0.1, -0.05) is 17.3 Å². The van der Waals surface area contributed by atoms with E-state index >= 15 is 0 Å². The Hall–Kier alpha value is -3.16. The lowest BCUT2D eigenvalue weighted by atomic mass is 10.2. The molecule has 3 heterocycles. The van der Waals surface area contributed by atoms with E-state index < -0.39 is 0 Å². The Balaban J connectivity index is 1.37. The van der Waals surface area contributed by atoms with E-state index in [1.807, 2.05) is 24.3 Å². The van der Waals surface area contributed by atoms with Crippen LogP contribution < -0.4 is 0 Å². The molecule has 2 amide bonds. The van der Waals surface area contributed by atoms with Crippen molar-refractivity contribution in [2.24, 2.45) is 0 Å². The summed E-state index contributed by atoms with van der Waals surface area (Å²) in [4.78, 5) is 28.2. The summed E-state index contributed by atoms with van der Waals surface area (Å²) in [7, 11) is 0. The highest BCUT2D eigenvalue weighted by atomic mass is 16.3. The van der Waals surface area contributed by atoms with E-state index in [9.17, 15) is 9.59 Å². The fourth-order valence-corrected chi connectivity index (χ4v) is 2.98. The molecule has 8 nitrogen and oxygen atoms in total. The molecule has 0 aliphatic carbocycles. The lowest BCUT2D eigenvalue weighted by Crippen LogP contribution is -2.51. The molecular formula is C17H17N5O3. The first-order chi connectivity index (χ1) is 12.2. The number of aromatic nitrogens is 3. The summed E-state index contributed by atoms with van der Waals surface area (Å²) in [5, 5.41) is 8.11. The first-order valence-electron chi connectivity index (χ1n) is 8.11. The van der Waals surface area contributed by atoms with Crippen molar-refractivity contribution in [3.63, 3.8) is 0 Å². The van der Waals surface area contributed by atoms with Crippen molar-refractivity contribution < 1.29 is 14.0 Å². The smallest absolute Gasteiger partial charge is 0.289 e. The molecule has 4 rings (SSSR count). The first-order valence-corrected chi connectivity index (χ1v) is 8.11. The fraction of sp³-hybridized carbons (Fsp3) is 0.294. The highest BCUT2D eigenvalue weighted by Crippen LogP contribution is 2.12. The van der Waals surface area contributed by atoms with Crippen molar-refractivity contribution in [2.75, 3.05) is 26.2 Å². The monoisotopic (exact) mass is 339 g/mol. The van der Waals surface area contributed by atoms with Gasteiger partial charge in [0.25, 0.3) is 5.91 Å². The Kier molecular flexibility index (Phi) is 3.93. The fourth-order valence-electron chi connectivity index (χ4n) is 2.98. The lowest BCUT2D eigenvalue weighted by molar-refractivity contribution is -0.133. The van der Waals surface area contributed by atoms with Crippen molar-refractivity contribution >= 4 is 22.8 Å². The molecule has 0 N–H and O–H groups in total. The van der Waals surface area contributed by atoms with Gasteiger partial charge >= 0.3 is 0 Å². The van der Waals surface area contributed by atoms with Crippen LogP contribution in [0.15, 0.2) is 47.1 Å². The molecule has 1 aliphatic heterocycles. The number of fused-ring (bicyclic) bond motifs is 1. The number of amides is 2. The summed E-state index contributed by atoms with van der Waals surface area (Å²) in [5.74, 6) is 0.161. The molecule has 1 aromatic carbocycles. The number of nitrogens with zero attached hydrogens (tertiary/aromatic N) is 5. The summed E-state index contributed by atoms with van der Waals surface area (Å²) in [6, 6.07) is 10.9. The molecule has 3 aromatic rings. The first kappa shape index (κ1) is 15.4. The Morgan fingerprint density at radius 1 is 1.00 bits per heavy atom. The molecule has 0 unspecified atom stereocenters. The maximum Gasteiger partial charge on any atom is 0.289 e. The van der Waals surface area contributed by atoms with Crippen LogP contribution in [0.25, 0.3) is 11.0 Å². The second-order valence-corrected chi connectivity index (χ2v) is 5.89. The van der Waals surface area contributed by atoms with Gasteiger partial charge in [0.15, 0.2) is 5.76 Å². The van der Waals surface area contributed by atoms with E-state index in [2.05, 4.69) is 10.3 Å². The van der Waals surface area contributed by atoms with Crippen LogP contribution in [0.4, 0.5) is 0 Å². The molecule has 0 saturated carbocycles. The largest absolute Gasteiger partial charge is 0.459 e. The van der Waals surface area contributed by atoms with Crippen molar-refractivity contribution in [3.8, 4) is 0 Å². The van der Waals surface area contributed by atoms with Crippen LogP contribution in [0.1, 0.15) is 10.6 Å². The minimum atomic E-state index is -0.139. The predicted octanol–water partition coefficient (Wildman–Crippen LogP) is 1.01. The van der Waals surface area contributed by atoms with Gasteiger partial charge in [-0.05, 0) is 24.3 Å². The van der Waals surface area contributed by atoms with Gasteiger partial charge in [0.2, 0.25) is 5.91 Å². The van der Waals surface area contributed by atoms with Gasteiger partial charge in [-0.2, -0.15) is 0 Å². The van der Waals surface area contributed by atoms with E-state index in [1.165, 1.54) is 6.26 Å². The van der Waals surface area contributed by atoms with Gasteiger partial charge in [0.05, 0.1) is 11.8 Å². The van der Waals surface area contributed by atoms with E-state index in [0.717, 1.165) is 11.0 Å². The van der Waals surface area contributed by atoms with Crippen molar-refractivity contribution in [3.05, 3.63) is 48.4 Å². The summed E-state index contributed by atoms with van der Waals surface area (Å²) >= 11 is 0. The molecule has 2 aromatic heterocycles. The highest BCUT2D eigenvalue weighted by Gasteiger charge is 2.26. The van der Waals surface area contributed by atoms with Crippen molar-refractivity contribution in [2.45, 2.75) is 6.54 Å². The quantitative estimate of drug-likeness (QED) is 0.711. The number of furan rings is 1. The Bertz CT molecular complexity index is 894. The number of hydrogen-bond acceptors (Lipinski definition) is 5. The summed E-state index contributed by atoms with van der Waals surface area (Å²) in [5.41, 5.74) is 1.60. The van der Waals surface area contributed by atoms with Crippen LogP contribution >= 0.6 is 0 Å². The third kappa shape index (κ3) is 2.98. The predicted molar refractivity (Wildman–Crippen MR) is 88.7 cm³/mol. The van der Waals surface area contributed by atoms with Crippen LogP contribution in [-0.4, -0.2) is 62.8 Å². The van der Waals surface area contributed by atoms with Gasteiger partial charge in [-0.15, -0.1) is 5.10 Å². The van der Waals surface area contributed by atoms with E-state index in [-0.39, 0.29) is 18.4 Å². The van der Waals surface area contributed by atoms with E-state index in [0.29, 0.717) is 31.9 Å². The topological polar surface area (TPSA) is 84.5 Å². The minimum absolute atomic E-state index is 0.0271. The molecule has 1 fully saturated rings. The van der Waals surface area contributed by atoms with Crippen LogP contribution in [0.5, 0.6) is 0 Å². The van der Waals surface area contributed by atoms with Crippen molar-refractivity contribution in [1.82, 2.24) is 24.8 Å². The average Bonchev–Trinajstić information content (AvgIpc) is 3.32. The van der Waals surface area contributed by atoms with Crippen LogP contribution in [0.2, 0.25) is 0 Å². The molecule has 25 heavy (non-hydrogen) atoms. The molecule has 0 bridgehead atoms. The number of piperazine rings is 1. The second kappa shape index (κ2) is 6.39. The van der Waals surface area contributed by atoms with Gasteiger partial charge in [0.1, 0.15) is 12.1 Å².